The van der Waals surface area contributed by atoms with E-state index in [2.05, 4.69) is 22.6 Å². The summed E-state index contributed by atoms with van der Waals surface area (Å²) >= 11 is 0. The number of aromatic nitrogens is 5. The number of anilines is 1. The molecule has 0 spiro atoms. The summed E-state index contributed by atoms with van der Waals surface area (Å²) in [5.41, 5.74) is 6.80. The van der Waals surface area contributed by atoms with Gasteiger partial charge >= 0.3 is 0 Å². The standard InChI is InChI=1S/C29H26N6O2/c1-19-8-12-23(13-9-19)34-17-22(31-33-34)18-37-25-14-10-21(11-15-25)26-16-27(36)30-29-28(26)20(2)32-35(29)24-6-4-3-5-7-24/h3-15,17,26H,16,18H2,1-2H3,(H,30,36). The van der Waals surface area contributed by atoms with Crippen molar-refractivity contribution in [2.24, 2.45) is 0 Å². The Labute approximate surface area is 214 Å². The summed E-state index contributed by atoms with van der Waals surface area (Å²) in [7, 11) is 0. The van der Waals surface area contributed by atoms with E-state index >= 15 is 0 Å². The number of hydrogen-bond acceptors (Lipinski definition) is 5. The van der Waals surface area contributed by atoms with Gasteiger partial charge in [-0.3, -0.25) is 4.79 Å². The Balaban J connectivity index is 1.19. The minimum atomic E-state index is -0.0790. The van der Waals surface area contributed by atoms with Gasteiger partial charge in [0, 0.05) is 17.9 Å². The van der Waals surface area contributed by atoms with Gasteiger partial charge < -0.3 is 10.1 Å². The van der Waals surface area contributed by atoms with Crippen LogP contribution in [0.2, 0.25) is 0 Å². The summed E-state index contributed by atoms with van der Waals surface area (Å²) in [6.45, 7) is 4.35. The third-order valence-electron chi connectivity index (χ3n) is 6.61. The zero-order valence-electron chi connectivity index (χ0n) is 20.6. The molecule has 0 saturated heterocycles. The summed E-state index contributed by atoms with van der Waals surface area (Å²) in [6.07, 6.45) is 2.24. The number of carbonyl (C=O) groups excluding carboxylic acids is 1. The monoisotopic (exact) mass is 490 g/mol. The van der Waals surface area contributed by atoms with Crippen LogP contribution in [0.15, 0.2) is 85.1 Å². The minimum Gasteiger partial charge on any atom is -0.487 e. The van der Waals surface area contributed by atoms with Crippen molar-refractivity contribution in [3.8, 4) is 17.1 Å². The lowest BCUT2D eigenvalue weighted by atomic mass is 9.86. The second-order valence-electron chi connectivity index (χ2n) is 9.25. The average molecular weight is 491 g/mol. The number of nitrogens with zero attached hydrogens (tertiary/aromatic N) is 5. The van der Waals surface area contributed by atoms with E-state index in [-0.39, 0.29) is 11.8 Å². The molecule has 2 aromatic heterocycles. The topological polar surface area (TPSA) is 86.9 Å². The van der Waals surface area contributed by atoms with Crippen LogP contribution in [-0.4, -0.2) is 30.7 Å². The highest BCUT2D eigenvalue weighted by molar-refractivity contribution is 5.95. The van der Waals surface area contributed by atoms with Gasteiger partial charge in [-0.25, -0.2) is 9.36 Å². The first-order chi connectivity index (χ1) is 18.0. The zero-order valence-corrected chi connectivity index (χ0v) is 20.6. The molecule has 8 nitrogen and oxygen atoms in total. The molecule has 0 fully saturated rings. The van der Waals surface area contributed by atoms with Gasteiger partial charge in [0.1, 0.15) is 23.9 Å². The van der Waals surface area contributed by atoms with Crippen LogP contribution in [0.1, 0.15) is 40.4 Å². The summed E-state index contributed by atoms with van der Waals surface area (Å²) in [5.74, 6) is 1.36. The van der Waals surface area contributed by atoms with Crippen molar-refractivity contribution in [3.63, 3.8) is 0 Å². The molecule has 3 aromatic carbocycles. The van der Waals surface area contributed by atoms with E-state index in [1.54, 1.807) is 4.68 Å². The molecule has 184 valence electrons. The van der Waals surface area contributed by atoms with Gasteiger partial charge in [-0.2, -0.15) is 5.10 Å². The van der Waals surface area contributed by atoms with Crippen LogP contribution in [-0.2, 0) is 11.4 Å². The molecule has 37 heavy (non-hydrogen) atoms. The van der Waals surface area contributed by atoms with Crippen LogP contribution in [0.3, 0.4) is 0 Å². The zero-order chi connectivity index (χ0) is 25.4. The van der Waals surface area contributed by atoms with Crippen LogP contribution in [0.5, 0.6) is 5.75 Å². The molecular weight excluding hydrogens is 464 g/mol. The van der Waals surface area contributed by atoms with Crippen molar-refractivity contribution >= 4 is 11.7 Å². The van der Waals surface area contributed by atoms with Gasteiger partial charge in [0.2, 0.25) is 5.91 Å². The van der Waals surface area contributed by atoms with E-state index in [9.17, 15) is 4.79 Å². The Morgan fingerprint density at radius 2 is 1.70 bits per heavy atom. The number of para-hydroxylation sites is 1. The van der Waals surface area contributed by atoms with Crippen molar-refractivity contribution in [1.82, 2.24) is 24.8 Å². The maximum atomic E-state index is 12.7. The number of rotatable bonds is 6. The average Bonchev–Trinajstić information content (AvgIpc) is 3.53. The van der Waals surface area contributed by atoms with E-state index in [0.717, 1.165) is 45.5 Å². The van der Waals surface area contributed by atoms with Gasteiger partial charge in [0.15, 0.2) is 0 Å². The van der Waals surface area contributed by atoms with Crippen molar-refractivity contribution < 1.29 is 9.53 Å². The second-order valence-corrected chi connectivity index (χ2v) is 9.25. The number of fused-ring (bicyclic) bond motifs is 1. The first kappa shape index (κ1) is 22.7. The van der Waals surface area contributed by atoms with E-state index < -0.39 is 0 Å². The minimum absolute atomic E-state index is 0.0217. The summed E-state index contributed by atoms with van der Waals surface area (Å²) in [6, 6.07) is 25.9. The fourth-order valence-electron chi connectivity index (χ4n) is 4.73. The number of amides is 1. The summed E-state index contributed by atoms with van der Waals surface area (Å²) in [5, 5.41) is 16.2. The van der Waals surface area contributed by atoms with Crippen molar-refractivity contribution in [2.45, 2.75) is 32.8 Å². The second kappa shape index (κ2) is 9.39. The maximum absolute atomic E-state index is 12.7. The molecule has 1 unspecified atom stereocenters. The van der Waals surface area contributed by atoms with Gasteiger partial charge in [0.05, 0.1) is 23.3 Å². The normalized spacial score (nSPS) is 14.8. The van der Waals surface area contributed by atoms with Gasteiger partial charge in [0.25, 0.3) is 0 Å². The highest BCUT2D eigenvalue weighted by Gasteiger charge is 2.32. The van der Waals surface area contributed by atoms with E-state index in [4.69, 9.17) is 9.84 Å². The van der Waals surface area contributed by atoms with Crippen LogP contribution in [0.25, 0.3) is 11.4 Å². The SMILES string of the molecule is Cc1ccc(-n2cc(COc3ccc(C4CC(=O)Nc5c4c(C)nn5-c4ccccc4)cc3)nn2)cc1. The quantitative estimate of drug-likeness (QED) is 0.357. The lowest BCUT2D eigenvalue weighted by molar-refractivity contribution is -0.116. The molecule has 0 radical (unpaired) electrons. The largest absolute Gasteiger partial charge is 0.487 e. The molecule has 1 aliphatic heterocycles. The molecule has 8 heteroatoms. The smallest absolute Gasteiger partial charge is 0.226 e. The molecule has 1 aliphatic rings. The van der Waals surface area contributed by atoms with Crippen LogP contribution < -0.4 is 10.1 Å². The molecule has 1 N–H and O–H groups in total. The fraction of sp³-hybridized carbons (Fsp3) is 0.172. The predicted molar refractivity (Wildman–Crippen MR) is 140 cm³/mol. The van der Waals surface area contributed by atoms with E-state index in [1.807, 2.05) is 96.7 Å². The summed E-state index contributed by atoms with van der Waals surface area (Å²) < 4.78 is 9.52. The van der Waals surface area contributed by atoms with Gasteiger partial charge in [-0.15, -0.1) is 5.10 Å². The fourth-order valence-corrected chi connectivity index (χ4v) is 4.73. The number of aryl methyl sites for hydroxylation is 2. The van der Waals surface area contributed by atoms with E-state index in [1.165, 1.54) is 5.56 Å². The molecule has 0 bridgehead atoms. The Bertz CT molecular complexity index is 1550. The van der Waals surface area contributed by atoms with Crippen LogP contribution in [0.4, 0.5) is 5.82 Å². The molecule has 3 heterocycles. The first-order valence-electron chi connectivity index (χ1n) is 12.2. The highest BCUT2D eigenvalue weighted by atomic mass is 16.5. The lowest BCUT2D eigenvalue weighted by Crippen LogP contribution is -2.24. The number of carbonyl (C=O) groups is 1. The van der Waals surface area contributed by atoms with Gasteiger partial charge in [-0.05, 0) is 55.8 Å². The first-order valence-corrected chi connectivity index (χ1v) is 12.2. The Hall–Kier alpha value is -4.72. The van der Waals surface area contributed by atoms with Crippen LogP contribution in [0, 0.1) is 13.8 Å². The lowest BCUT2D eigenvalue weighted by Gasteiger charge is -2.24. The molecule has 0 saturated carbocycles. The van der Waals surface area contributed by atoms with Crippen molar-refractivity contribution in [3.05, 3.63) is 113 Å². The third kappa shape index (κ3) is 4.49. The molecule has 5 aromatic rings. The number of ether oxygens (including phenoxy) is 1. The Morgan fingerprint density at radius 1 is 0.946 bits per heavy atom. The van der Waals surface area contributed by atoms with Crippen LogP contribution >= 0.6 is 0 Å². The summed E-state index contributed by atoms with van der Waals surface area (Å²) in [4.78, 5) is 12.7. The van der Waals surface area contributed by atoms with Crippen molar-refractivity contribution in [2.75, 3.05) is 5.32 Å². The maximum Gasteiger partial charge on any atom is 0.226 e. The van der Waals surface area contributed by atoms with Crippen molar-refractivity contribution in [1.29, 1.82) is 0 Å². The number of nitrogens with one attached hydrogen (secondary N) is 1. The highest BCUT2D eigenvalue weighted by Crippen LogP contribution is 2.40. The molecular formula is C29H26N6O2. The van der Waals surface area contributed by atoms with E-state index in [0.29, 0.717) is 13.0 Å². The molecule has 0 aliphatic carbocycles. The molecule has 1 amide bonds. The number of benzene rings is 3. The Kier molecular flexibility index (Phi) is 5.76. The molecule has 6 rings (SSSR count). The predicted octanol–water partition coefficient (Wildman–Crippen LogP) is 5.12. The molecule has 1 atom stereocenters. The number of hydrogen-bond donors (Lipinski definition) is 1. The van der Waals surface area contributed by atoms with Gasteiger partial charge in [-0.1, -0.05) is 53.2 Å². The third-order valence-corrected chi connectivity index (χ3v) is 6.61. The Morgan fingerprint density at radius 3 is 2.46 bits per heavy atom.